The number of nitrogens with one attached hydrogen (secondary N) is 1. The summed E-state index contributed by atoms with van der Waals surface area (Å²) in [6, 6.07) is 4.10. The third kappa shape index (κ3) is 4.86. The van der Waals surface area contributed by atoms with E-state index in [-0.39, 0.29) is 6.61 Å². The Morgan fingerprint density at radius 3 is 3.06 bits per heavy atom. The van der Waals surface area contributed by atoms with Gasteiger partial charge in [-0.3, -0.25) is 0 Å². The van der Waals surface area contributed by atoms with Crippen molar-refractivity contribution >= 4 is 17.6 Å². The van der Waals surface area contributed by atoms with E-state index in [1.807, 2.05) is 19.2 Å². The second-order valence-corrected chi connectivity index (χ2v) is 5.21. The van der Waals surface area contributed by atoms with E-state index in [9.17, 15) is 0 Å². The minimum absolute atomic E-state index is 0.233. The fraction of sp³-hybridized carbons (Fsp3) is 0.583. The summed E-state index contributed by atoms with van der Waals surface area (Å²) in [5.74, 6) is 1.86. The van der Waals surface area contributed by atoms with Gasteiger partial charge in [0.1, 0.15) is 5.82 Å². The summed E-state index contributed by atoms with van der Waals surface area (Å²) in [6.07, 6.45) is 2.93. The normalized spacial score (nSPS) is 12.4. The first-order valence-electron chi connectivity index (χ1n) is 5.67. The second-order valence-electron chi connectivity index (χ2n) is 3.78. The fourth-order valence-electron chi connectivity index (χ4n) is 1.21. The highest BCUT2D eigenvalue weighted by atomic mass is 32.2. The van der Waals surface area contributed by atoms with Crippen LogP contribution in [0.25, 0.3) is 0 Å². The van der Waals surface area contributed by atoms with Crippen molar-refractivity contribution < 1.29 is 5.11 Å². The lowest BCUT2D eigenvalue weighted by Crippen LogP contribution is -2.04. The smallest absolute Gasteiger partial charge is 0.126 e. The monoisotopic (exact) mass is 240 g/mol. The summed E-state index contributed by atoms with van der Waals surface area (Å²) in [7, 11) is 0. The first kappa shape index (κ1) is 13.3. The van der Waals surface area contributed by atoms with Gasteiger partial charge < -0.3 is 10.4 Å². The van der Waals surface area contributed by atoms with Crippen LogP contribution in [0.2, 0.25) is 0 Å². The molecular weight excluding hydrogens is 220 g/mol. The highest BCUT2D eigenvalue weighted by Crippen LogP contribution is 2.18. The lowest BCUT2D eigenvalue weighted by Gasteiger charge is -2.09. The zero-order valence-electron chi connectivity index (χ0n) is 9.94. The van der Waals surface area contributed by atoms with Crippen LogP contribution >= 0.6 is 11.8 Å². The van der Waals surface area contributed by atoms with Crippen LogP contribution < -0.4 is 5.32 Å². The Labute approximate surface area is 102 Å². The molecule has 0 spiro atoms. The lowest BCUT2D eigenvalue weighted by molar-refractivity contribution is 0.300. The van der Waals surface area contributed by atoms with E-state index in [4.69, 9.17) is 5.11 Å². The number of aliphatic hydroxyl groups excluding tert-OH is 1. The summed E-state index contributed by atoms with van der Waals surface area (Å²) in [5, 5.41) is 12.5. The maximum Gasteiger partial charge on any atom is 0.126 e. The van der Waals surface area contributed by atoms with Gasteiger partial charge in [0.25, 0.3) is 0 Å². The Morgan fingerprint density at radius 2 is 2.38 bits per heavy atom. The Balaban J connectivity index is 2.46. The molecule has 1 rings (SSSR count). The van der Waals surface area contributed by atoms with Crippen LogP contribution in [0.15, 0.2) is 18.3 Å². The first-order chi connectivity index (χ1) is 7.76. The minimum atomic E-state index is 0.233. The molecule has 1 unspecified atom stereocenters. The number of pyridine rings is 1. The second kappa shape index (κ2) is 7.52. The number of rotatable bonds is 7. The molecule has 0 bridgehead atoms. The van der Waals surface area contributed by atoms with Crippen molar-refractivity contribution in [1.29, 1.82) is 0 Å². The van der Waals surface area contributed by atoms with Gasteiger partial charge >= 0.3 is 0 Å². The number of thioether (sulfide) groups is 1. The molecule has 2 N–H and O–H groups in total. The molecule has 4 heteroatoms. The first-order valence-corrected chi connectivity index (χ1v) is 6.72. The maximum atomic E-state index is 8.94. The molecule has 1 aromatic rings. The van der Waals surface area contributed by atoms with Gasteiger partial charge in [0.05, 0.1) is 6.61 Å². The van der Waals surface area contributed by atoms with E-state index in [1.54, 1.807) is 11.8 Å². The van der Waals surface area contributed by atoms with E-state index in [0.29, 0.717) is 5.25 Å². The molecule has 1 atom stereocenters. The van der Waals surface area contributed by atoms with Crippen molar-refractivity contribution in [1.82, 2.24) is 4.98 Å². The average Bonchev–Trinajstić information content (AvgIpc) is 2.34. The number of nitrogens with zero attached hydrogens (tertiary/aromatic N) is 1. The highest BCUT2D eigenvalue weighted by molar-refractivity contribution is 7.99. The molecule has 0 amide bonds. The molecular formula is C12H20N2OS. The number of hydrogen-bond donors (Lipinski definition) is 2. The van der Waals surface area contributed by atoms with E-state index >= 15 is 0 Å². The van der Waals surface area contributed by atoms with Crippen LogP contribution in [0.4, 0.5) is 5.82 Å². The quantitative estimate of drug-likeness (QED) is 0.768. The molecule has 3 nitrogen and oxygen atoms in total. The van der Waals surface area contributed by atoms with E-state index in [2.05, 4.69) is 23.3 Å². The molecule has 0 aliphatic rings. The Kier molecular flexibility index (Phi) is 6.26. The summed E-state index contributed by atoms with van der Waals surface area (Å²) in [5.41, 5.74) is 1.25. The van der Waals surface area contributed by atoms with Crippen LogP contribution in [0.3, 0.4) is 0 Å². The Bertz CT molecular complexity index is 307. The van der Waals surface area contributed by atoms with Crippen LogP contribution in [-0.2, 0) is 5.75 Å². The predicted octanol–water partition coefficient (Wildman–Crippen LogP) is 2.52. The number of aliphatic hydroxyl groups is 1. The molecule has 1 heterocycles. The zero-order chi connectivity index (χ0) is 11.8. The van der Waals surface area contributed by atoms with Gasteiger partial charge in [0.2, 0.25) is 0 Å². The summed E-state index contributed by atoms with van der Waals surface area (Å²) in [6.45, 7) is 5.35. The number of aromatic nitrogens is 1. The van der Waals surface area contributed by atoms with Crippen molar-refractivity contribution in [2.75, 3.05) is 18.5 Å². The van der Waals surface area contributed by atoms with E-state index in [1.165, 1.54) is 5.56 Å². The van der Waals surface area contributed by atoms with Crippen molar-refractivity contribution in [2.45, 2.75) is 31.3 Å². The fourth-order valence-corrected chi connectivity index (χ4v) is 1.97. The largest absolute Gasteiger partial charge is 0.395 e. The van der Waals surface area contributed by atoms with Gasteiger partial charge in [-0.05, 0) is 24.1 Å². The highest BCUT2D eigenvalue weighted by Gasteiger charge is 2.02. The molecule has 0 aliphatic carbocycles. The molecule has 90 valence electrons. The molecule has 0 saturated heterocycles. The van der Waals surface area contributed by atoms with Crippen LogP contribution in [0.1, 0.15) is 25.8 Å². The number of hydrogen-bond acceptors (Lipinski definition) is 4. The van der Waals surface area contributed by atoms with Crippen molar-refractivity contribution in [3.05, 3.63) is 23.9 Å². The van der Waals surface area contributed by atoms with Crippen LogP contribution in [-0.4, -0.2) is 28.5 Å². The van der Waals surface area contributed by atoms with E-state index < -0.39 is 0 Å². The van der Waals surface area contributed by atoms with Gasteiger partial charge in [-0.15, -0.1) is 0 Å². The summed E-state index contributed by atoms with van der Waals surface area (Å²) >= 11 is 1.76. The third-order valence-corrected chi connectivity index (χ3v) is 3.39. The molecule has 0 radical (unpaired) electrons. The molecule has 1 aromatic heterocycles. The molecule has 0 aromatic carbocycles. The van der Waals surface area contributed by atoms with Crippen molar-refractivity contribution in [3.8, 4) is 0 Å². The Hall–Kier alpha value is -0.740. The molecule has 0 saturated carbocycles. The van der Waals surface area contributed by atoms with E-state index in [0.717, 1.165) is 24.5 Å². The molecule has 0 fully saturated rings. The third-order valence-electron chi connectivity index (χ3n) is 2.17. The van der Waals surface area contributed by atoms with Crippen LogP contribution in [0, 0.1) is 0 Å². The van der Waals surface area contributed by atoms with Gasteiger partial charge in [0.15, 0.2) is 0 Å². The van der Waals surface area contributed by atoms with Gasteiger partial charge in [-0.2, -0.15) is 11.8 Å². The SMILES string of the molecule is CCCNc1cc(CSC(C)CO)ccn1. The van der Waals surface area contributed by atoms with Gasteiger partial charge in [-0.1, -0.05) is 13.8 Å². The maximum absolute atomic E-state index is 8.94. The van der Waals surface area contributed by atoms with Gasteiger partial charge in [0, 0.05) is 23.7 Å². The number of anilines is 1. The lowest BCUT2D eigenvalue weighted by atomic mass is 10.3. The summed E-state index contributed by atoms with van der Waals surface area (Å²) < 4.78 is 0. The zero-order valence-corrected chi connectivity index (χ0v) is 10.8. The van der Waals surface area contributed by atoms with Crippen molar-refractivity contribution in [3.63, 3.8) is 0 Å². The predicted molar refractivity (Wildman–Crippen MR) is 70.9 cm³/mol. The van der Waals surface area contributed by atoms with Crippen molar-refractivity contribution in [2.24, 2.45) is 0 Å². The summed E-state index contributed by atoms with van der Waals surface area (Å²) in [4.78, 5) is 4.25. The molecule has 0 aliphatic heterocycles. The molecule has 16 heavy (non-hydrogen) atoms. The topological polar surface area (TPSA) is 45.1 Å². The average molecular weight is 240 g/mol. The Morgan fingerprint density at radius 1 is 1.56 bits per heavy atom. The minimum Gasteiger partial charge on any atom is -0.395 e. The standard InChI is InChI=1S/C12H20N2OS/c1-3-5-13-12-7-11(4-6-14-12)9-16-10(2)8-15/h4,6-7,10,15H,3,5,8-9H2,1-2H3,(H,13,14). The van der Waals surface area contributed by atoms with Gasteiger partial charge in [-0.25, -0.2) is 4.98 Å². The van der Waals surface area contributed by atoms with Crippen LogP contribution in [0.5, 0.6) is 0 Å².